The standard InChI is InChI=1S/C23H20BrF3N4O3S/c1-13-2-6-17(7-3-13)35-18-11-15(10-16(12-18)31(33)34)28-19(32)8-9-30-21(14-4-5-14)20(24)22(29-30)23(25,26)27/h2-3,6-7,10-12,14H,4-5,8-9H2,1H3,(H,28,32). The summed E-state index contributed by atoms with van der Waals surface area (Å²) in [4.78, 5) is 24.9. The Labute approximate surface area is 211 Å². The second kappa shape index (κ2) is 10.0. The molecule has 3 aromatic rings. The van der Waals surface area contributed by atoms with Gasteiger partial charge in [-0.2, -0.15) is 18.3 Å². The number of hydrogen-bond acceptors (Lipinski definition) is 5. The monoisotopic (exact) mass is 568 g/mol. The van der Waals surface area contributed by atoms with Crippen LogP contribution in [-0.4, -0.2) is 20.6 Å². The summed E-state index contributed by atoms with van der Waals surface area (Å²) < 4.78 is 41.0. The molecule has 0 saturated heterocycles. The van der Waals surface area contributed by atoms with Crippen LogP contribution in [0.1, 0.15) is 42.1 Å². The lowest BCUT2D eigenvalue weighted by Crippen LogP contribution is -2.16. The molecule has 4 rings (SSSR count). The molecule has 1 N–H and O–H groups in total. The first-order valence-electron chi connectivity index (χ1n) is 10.7. The summed E-state index contributed by atoms with van der Waals surface area (Å²) in [7, 11) is 0. The molecule has 0 aliphatic heterocycles. The molecule has 35 heavy (non-hydrogen) atoms. The van der Waals surface area contributed by atoms with Gasteiger partial charge in [-0.1, -0.05) is 29.5 Å². The van der Waals surface area contributed by atoms with E-state index in [1.807, 2.05) is 31.2 Å². The van der Waals surface area contributed by atoms with E-state index in [-0.39, 0.29) is 34.7 Å². The summed E-state index contributed by atoms with van der Waals surface area (Å²) in [5.41, 5.74) is 0.574. The first-order chi connectivity index (χ1) is 16.5. The lowest BCUT2D eigenvalue weighted by atomic mass is 10.2. The van der Waals surface area contributed by atoms with Crippen LogP contribution in [0.4, 0.5) is 24.5 Å². The van der Waals surface area contributed by atoms with Gasteiger partial charge in [-0.15, -0.1) is 0 Å². The number of carbonyl (C=O) groups excluding carboxylic acids is 1. The van der Waals surface area contributed by atoms with E-state index in [0.29, 0.717) is 10.6 Å². The Balaban J connectivity index is 1.48. The van der Waals surface area contributed by atoms with Crippen LogP contribution < -0.4 is 5.32 Å². The highest BCUT2D eigenvalue weighted by Gasteiger charge is 2.41. The Morgan fingerprint density at radius 1 is 1.23 bits per heavy atom. The molecule has 1 amide bonds. The minimum absolute atomic E-state index is 0.0193. The van der Waals surface area contributed by atoms with Crippen LogP contribution in [0.25, 0.3) is 0 Å². The zero-order valence-electron chi connectivity index (χ0n) is 18.4. The van der Waals surface area contributed by atoms with Crippen molar-refractivity contribution in [2.75, 3.05) is 5.32 Å². The number of anilines is 1. The second-order valence-corrected chi connectivity index (χ2v) is 10.2. The maximum absolute atomic E-state index is 13.3. The third-order valence-corrected chi connectivity index (χ3v) is 7.12. The first-order valence-corrected chi connectivity index (χ1v) is 12.3. The smallest absolute Gasteiger partial charge is 0.326 e. The second-order valence-electron chi connectivity index (χ2n) is 8.23. The van der Waals surface area contributed by atoms with Gasteiger partial charge in [0.2, 0.25) is 5.91 Å². The molecule has 0 bridgehead atoms. The molecule has 1 fully saturated rings. The number of benzene rings is 2. The summed E-state index contributed by atoms with van der Waals surface area (Å²) in [6, 6.07) is 11.9. The van der Waals surface area contributed by atoms with Crippen molar-refractivity contribution in [2.24, 2.45) is 0 Å². The van der Waals surface area contributed by atoms with Crippen LogP contribution in [-0.2, 0) is 17.5 Å². The summed E-state index contributed by atoms with van der Waals surface area (Å²) in [5, 5.41) is 17.7. The van der Waals surface area contributed by atoms with Crippen LogP contribution in [0.2, 0.25) is 0 Å². The fraction of sp³-hybridized carbons (Fsp3) is 0.304. The largest absolute Gasteiger partial charge is 0.436 e. The molecule has 1 aromatic heterocycles. The number of carbonyl (C=O) groups is 1. The van der Waals surface area contributed by atoms with Crippen molar-refractivity contribution in [3.63, 3.8) is 0 Å². The van der Waals surface area contributed by atoms with Crippen molar-refractivity contribution in [1.29, 1.82) is 0 Å². The van der Waals surface area contributed by atoms with Gasteiger partial charge in [-0.25, -0.2) is 0 Å². The van der Waals surface area contributed by atoms with Gasteiger partial charge in [0.1, 0.15) is 0 Å². The van der Waals surface area contributed by atoms with E-state index in [2.05, 4.69) is 26.3 Å². The number of rotatable bonds is 8. The molecule has 1 aliphatic carbocycles. The van der Waals surface area contributed by atoms with E-state index in [1.165, 1.54) is 28.6 Å². The predicted octanol–water partition coefficient (Wildman–Crippen LogP) is 6.94. The van der Waals surface area contributed by atoms with E-state index in [0.717, 1.165) is 23.3 Å². The number of amides is 1. The van der Waals surface area contributed by atoms with Crippen molar-refractivity contribution in [3.8, 4) is 0 Å². The minimum atomic E-state index is -4.61. The molecule has 0 unspecified atom stereocenters. The zero-order chi connectivity index (χ0) is 25.3. The van der Waals surface area contributed by atoms with Gasteiger partial charge in [0, 0.05) is 39.9 Å². The van der Waals surface area contributed by atoms with Crippen molar-refractivity contribution >= 4 is 45.0 Å². The highest BCUT2D eigenvalue weighted by Crippen LogP contribution is 2.47. The maximum atomic E-state index is 13.3. The Hall–Kier alpha value is -2.86. The molecule has 1 aliphatic rings. The summed E-state index contributed by atoms with van der Waals surface area (Å²) in [5.74, 6) is -0.507. The number of alkyl halides is 3. The van der Waals surface area contributed by atoms with Gasteiger partial charge >= 0.3 is 6.18 Å². The van der Waals surface area contributed by atoms with Crippen molar-refractivity contribution in [2.45, 2.75) is 54.6 Å². The van der Waals surface area contributed by atoms with Crippen LogP contribution in [0.3, 0.4) is 0 Å². The summed E-state index contributed by atoms with van der Waals surface area (Å²) in [6.07, 6.45) is -3.22. The van der Waals surface area contributed by atoms with Crippen LogP contribution in [0.15, 0.2) is 56.7 Å². The number of nitrogens with one attached hydrogen (secondary N) is 1. The van der Waals surface area contributed by atoms with Crippen LogP contribution in [0, 0.1) is 17.0 Å². The molecule has 0 radical (unpaired) electrons. The number of nitro benzene ring substituents is 1. The summed E-state index contributed by atoms with van der Waals surface area (Å²) >= 11 is 4.35. The van der Waals surface area contributed by atoms with E-state index in [1.54, 1.807) is 6.07 Å². The highest BCUT2D eigenvalue weighted by molar-refractivity contribution is 9.10. The average Bonchev–Trinajstić information content (AvgIpc) is 3.55. The number of aryl methyl sites for hydroxylation is 2. The molecular weight excluding hydrogens is 549 g/mol. The van der Waals surface area contributed by atoms with E-state index < -0.39 is 22.7 Å². The number of hydrogen-bond donors (Lipinski definition) is 1. The quantitative estimate of drug-likeness (QED) is 0.235. The molecule has 12 heteroatoms. The molecule has 7 nitrogen and oxygen atoms in total. The molecule has 1 heterocycles. The lowest BCUT2D eigenvalue weighted by Gasteiger charge is -2.10. The van der Waals surface area contributed by atoms with Crippen LogP contribution >= 0.6 is 27.7 Å². The van der Waals surface area contributed by atoms with E-state index in [9.17, 15) is 28.1 Å². The SMILES string of the molecule is Cc1ccc(Sc2cc(NC(=O)CCn3nc(C(F)(F)F)c(Br)c3C3CC3)cc([N+](=O)[O-])c2)cc1. The van der Waals surface area contributed by atoms with Gasteiger partial charge < -0.3 is 5.32 Å². The van der Waals surface area contributed by atoms with Gasteiger partial charge in [-0.05, 0) is 53.9 Å². The molecule has 2 aromatic carbocycles. The molecular formula is C23H20BrF3N4O3S. The molecule has 0 atom stereocenters. The minimum Gasteiger partial charge on any atom is -0.326 e. The van der Waals surface area contributed by atoms with Crippen molar-refractivity contribution in [3.05, 3.63) is 74.0 Å². The van der Waals surface area contributed by atoms with Crippen molar-refractivity contribution < 1.29 is 22.9 Å². The van der Waals surface area contributed by atoms with Crippen LogP contribution in [0.5, 0.6) is 0 Å². The Morgan fingerprint density at radius 3 is 2.51 bits per heavy atom. The molecule has 0 spiro atoms. The van der Waals surface area contributed by atoms with Gasteiger partial charge in [0.05, 0.1) is 21.6 Å². The fourth-order valence-corrected chi connectivity index (χ4v) is 5.29. The number of aromatic nitrogens is 2. The van der Waals surface area contributed by atoms with E-state index in [4.69, 9.17) is 0 Å². The highest BCUT2D eigenvalue weighted by atomic mass is 79.9. The van der Waals surface area contributed by atoms with E-state index >= 15 is 0 Å². The fourth-order valence-electron chi connectivity index (χ4n) is 3.54. The number of non-ortho nitro benzene ring substituents is 1. The summed E-state index contributed by atoms with van der Waals surface area (Å²) in [6.45, 7) is 1.90. The Bertz CT molecular complexity index is 1270. The average molecular weight is 569 g/mol. The number of nitro groups is 1. The van der Waals surface area contributed by atoms with Gasteiger partial charge in [-0.3, -0.25) is 19.6 Å². The van der Waals surface area contributed by atoms with Gasteiger partial charge in [0.15, 0.2) is 5.69 Å². The van der Waals surface area contributed by atoms with Gasteiger partial charge in [0.25, 0.3) is 5.69 Å². The number of nitrogens with zero attached hydrogens (tertiary/aromatic N) is 3. The molecule has 1 saturated carbocycles. The Morgan fingerprint density at radius 2 is 1.91 bits per heavy atom. The zero-order valence-corrected chi connectivity index (χ0v) is 20.8. The predicted molar refractivity (Wildman–Crippen MR) is 129 cm³/mol. The third-order valence-electron chi connectivity index (χ3n) is 5.36. The normalized spacial score (nSPS) is 13.6. The maximum Gasteiger partial charge on any atom is 0.436 e. The first kappa shape index (κ1) is 25.2. The van der Waals surface area contributed by atoms with Crippen molar-refractivity contribution in [1.82, 2.24) is 9.78 Å². The third kappa shape index (κ3) is 6.23. The molecule has 184 valence electrons. The number of halogens is 4. The lowest BCUT2D eigenvalue weighted by molar-refractivity contribution is -0.385. The Kier molecular flexibility index (Phi) is 7.22. The topological polar surface area (TPSA) is 90.1 Å².